The summed E-state index contributed by atoms with van der Waals surface area (Å²) >= 11 is 0. The molecule has 0 unspecified atom stereocenters. The van der Waals surface area contributed by atoms with Crippen molar-refractivity contribution in [1.29, 1.82) is 0 Å². The van der Waals surface area contributed by atoms with Crippen LogP contribution in [0.1, 0.15) is 12.0 Å². The molecule has 22 heavy (non-hydrogen) atoms. The first-order chi connectivity index (χ1) is 10.7. The Kier molecular flexibility index (Phi) is 4.53. The number of nitrogens with one attached hydrogen (secondary N) is 1. The summed E-state index contributed by atoms with van der Waals surface area (Å²) in [5, 5.41) is 4.46. The number of ether oxygens (including phenoxy) is 1. The van der Waals surface area contributed by atoms with E-state index in [9.17, 15) is 4.79 Å². The van der Waals surface area contributed by atoms with Crippen LogP contribution in [0.15, 0.2) is 30.5 Å². The summed E-state index contributed by atoms with van der Waals surface area (Å²) in [6.45, 7) is 5.40. The van der Waals surface area contributed by atoms with Gasteiger partial charge in [-0.1, -0.05) is 11.6 Å². The van der Waals surface area contributed by atoms with Crippen LogP contribution in [0.3, 0.4) is 0 Å². The fourth-order valence-electron chi connectivity index (χ4n) is 2.69. The largest absolute Gasteiger partial charge is 0.384 e. The Labute approximate surface area is 130 Å². The van der Waals surface area contributed by atoms with Crippen molar-refractivity contribution in [2.45, 2.75) is 13.3 Å². The molecule has 0 radical (unpaired) electrons. The van der Waals surface area contributed by atoms with Crippen LogP contribution < -0.4 is 5.32 Å². The average molecular weight is 299 g/mol. The van der Waals surface area contributed by atoms with E-state index >= 15 is 0 Å². The summed E-state index contributed by atoms with van der Waals surface area (Å²) in [4.78, 5) is 18.4. The van der Waals surface area contributed by atoms with Gasteiger partial charge in [0.2, 0.25) is 5.91 Å². The predicted molar refractivity (Wildman–Crippen MR) is 87.0 cm³/mol. The van der Waals surface area contributed by atoms with Gasteiger partial charge in [0.15, 0.2) is 0 Å². The standard InChI is InChI=1S/C17H21N3O2/c1-13-2-3-15-14(12-13)16(4-6-18-15)19-7-5-17(21)20-8-10-22-11-9-20/h2-4,6,12H,5,7-11H2,1H3,(H,18,19). The van der Waals surface area contributed by atoms with Crippen LogP contribution in [-0.4, -0.2) is 48.6 Å². The van der Waals surface area contributed by atoms with E-state index in [1.165, 1.54) is 5.56 Å². The van der Waals surface area contributed by atoms with Crippen LogP contribution in [0, 0.1) is 6.92 Å². The second-order valence-corrected chi connectivity index (χ2v) is 5.55. The van der Waals surface area contributed by atoms with E-state index in [1.807, 2.05) is 17.0 Å². The molecule has 3 rings (SSSR count). The van der Waals surface area contributed by atoms with Gasteiger partial charge >= 0.3 is 0 Å². The van der Waals surface area contributed by atoms with Gasteiger partial charge < -0.3 is 15.0 Å². The molecule has 5 nitrogen and oxygen atoms in total. The van der Waals surface area contributed by atoms with Crippen molar-refractivity contribution in [3.8, 4) is 0 Å². The molecule has 0 bridgehead atoms. The van der Waals surface area contributed by atoms with Gasteiger partial charge in [0.25, 0.3) is 0 Å². The lowest BCUT2D eigenvalue weighted by atomic mass is 10.1. The maximum atomic E-state index is 12.1. The van der Waals surface area contributed by atoms with Crippen molar-refractivity contribution in [1.82, 2.24) is 9.88 Å². The van der Waals surface area contributed by atoms with Gasteiger partial charge in [-0.25, -0.2) is 0 Å². The molecule has 0 saturated carbocycles. The highest BCUT2D eigenvalue weighted by molar-refractivity contribution is 5.91. The number of amides is 1. The number of rotatable bonds is 4. The van der Waals surface area contributed by atoms with E-state index < -0.39 is 0 Å². The van der Waals surface area contributed by atoms with Gasteiger partial charge in [-0.15, -0.1) is 0 Å². The number of nitrogens with zero attached hydrogens (tertiary/aromatic N) is 2. The molecule has 1 saturated heterocycles. The molecule has 5 heteroatoms. The quantitative estimate of drug-likeness (QED) is 0.940. The lowest BCUT2D eigenvalue weighted by molar-refractivity contribution is -0.134. The maximum Gasteiger partial charge on any atom is 0.224 e. The molecule has 1 N–H and O–H groups in total. The van der Waals surface area contributed by atoms with Crippen molar-refractivity contribution in [3.63, 3.8) is 0 Å². The van der Waals surface area contributed by atoms with Crippen LogP contribution in [0.5, 0.6) is 0 Å². The van der Waals surface area contributed by atoms with Crippen molar-refractivity contribution in [2.75, 3.05) is 38.2 Å². The van der Waals surface area contributed by atoms with Gasteiger partial charge in [-0.05, 0) is 25.1 Å². The third-order valence-corrected chi connectivity index (χ3v) is 3.92. The van der Waals surface area contributed by atoms with Crippen molar-refractivity contribution < 1.29 is 9.53 Å². The zero-order valence-corrected chi connectivity index (χ0v) is 12.8. The van der Waals surface area contributed by atoms with Gasteiger partial charge in [-0.2, -0.15) is 0 Å². The molecule has 1 aliphatic rings. The number of anilines is 1. The molecule has 2 heterocycles. The van der Waals surface area contributed by atoms with Crippen molar-refractivity contribution in [3.05, 3.63) is 36.0 Å². The van der Waals surface area contributed by atoms with Crippen LogP contribution >= 0.6 is 0 Å². The highest BCUT2D eigenvalue weighted by atomic mass is 16.5. The van der Waals surface area contributed by atoms with Crippen LogP contribution in [0.25, 0.3) is 10.9 Å². The molecule has 1 aromatic carbocycles. The highest BCUT2D eigenvalue weighted by Crippen LogP contribution is 2.22. The van der Waals surface area contributed by atoms with Gasteiger partial charge in [0, 0.05) is 43.3 Å². The summed E-state index contributed by atoms with van der Waals surface area (Å²) < 4.78 is 5.27. The van der Waals surface area contributed by atoms with E-state index in [0.717, 1.165) is 16.6 Å². The molecular weight excluding hydrogens is 278 g/mol. The summed E-state index contributed by atoms with van der Waals surface area (Å²) in [6.07, 6.45) is 2.29. The van der Waals surface area contributed by atoms with E-state index in [2.05, 4.69) is 29.4 Å². The first-order valence-electron chi connectivity index (χ1n) is 7.69. The Hall–Kier alpha value is -2.14. The number of aromatic nitrogens is 1. The molecule has 0 spiro atoms. The predicted octanol–water partition coefficient (Wildman–Crippen LogP) is 2.20. The topological polar surface area (TPSA) is 54.5 Å². The molecule has 0 aliphatic carbocycles. The van der Waals surface area contributed by atoms with Crippen molar-refractivity contribution in [2.24, 2.45) is 0 Å². The Morgan fingerprint density at radius 1 is 1.32 bits per heavy atom. The number of benzene rings is 1. The molecule has 0 atom stereocenters. The number of carbonyl (C=O) groups is 1. The first kappa shape index (κ1) is 14.8. The molecule has 2 aromatic rings. The minimum Gasteiger partial charge on any atom is -0.384 e. The molecule has 1 aromatic heterocycles. The van der Waals surface area contributed by atoms with Gasteiger partial charge in [0.05, 0.1) is 18.7 Å². The molecule has 1 fully saturated rings. The SMILES string of the molecule is Cc1ccc2nccc(NCCC(=O)N3CCOCC3)c2c1. The zero-order valence-electron chi connectivity index (χ0n) is 12.8. The van der Waals surface area contributed by atoms with Crippen LogP contribution in [0.2, 0.25) is 0 Å². The highest BCUT2D eigenvalue weighted by Gasteiger charge is 2.16. The minimum atomic E-state index is 0.186. The van der Waals surface area contributed by atoms with Crippen molar-refractivity contribution >= 4 is 22.5 Å². The summed E-state index contributed by atoms with van der Waals surface area (Å²) in [6, 6.07) is 8.16. The lowest BCUT2D eigenvalue weighted by Gasteiger charge is -2.27. The van der Waals surface area contributed by atoms with Gasteiger partial charge in [0.1, 0.15) is 0 Å². The monoisotopic (exact) mass is 299 g/mol. The Bertz CT molecular complexity index is 666. The molecular formula is C17H21N3O2. The van der Waals surface area contributed by atoms with E-state index in [-0.39, 0.29) is 5.91 Å². The minimum absolute atomic E-state index is 0.186. The third kappa shape index (κ3) is 3.36. The fraction of sp³-hybridized carbons (Fsp3) is 0.412. The number of aryl methyl sites for hydroxylation is 1. The molecule has 116 valence electrons. The number of carbonyl (C=O) groups excluding carboxylic acids is 1. The second-order valence-electron chi connectivity index (χ2n) is 5.55. The summed E-state index contributed by atoms with van der Waals surface area (Å²) in [5.41, 5.74) is 3.20. The molecule has 1 amide bonds. The summed E-state index contributed by atoms with van der Waals surface area (Å²) in [5.74, 6) is 0.186. The number of hydrogen-bond acceptors (Lipinski definition) is 4. The molecule has 1 aliphatic heterocycles. The number of fused-ring (bicyclic) bond motifs is 1. The summed E-state index contributed by atoms with van der Waals surface area (Å²) in [7, 11) is 0. The van der Waals surface area contributed by atoms with E-state index in [1.54, 1.807) is 6.20 Å². The third-order valence-electron chi connectivity index (χ3n) is 3.92. The maximum absolute atomic E-state index is 12.1. The smallest absolute Gasteiger partial charge is 0.224 e. The Morgan fingerprint density at radius 3 is 2.95 bits per heavy atom. The average Bonchev–Trinajstić information content (AvgIpc) is 2.56. The van der Waals surface area contributed by atoms with Crippen LogP contribution in [-0.2, 0) is 9.53 Å². The first-order valence-corrected chi connectivity index (χ1v) is 7.69. The number of hydrogen-bond donors (Lipinski definition) is 1. The number of pyridine rings is 1. The zero-order chi connectivity index (χ0) is 15.4. The fourth-order valence-corrected chi connectivity index (χ4v) is 2.69. The Morgan fingerprint density at radius 2 is 2.14 bits per heavy atom. The normalized spacial score (nSPS) is 15.0. The lowest BCUT2D eigenvalue weighted by Crippen LogP contribution is -2.41. The second kappa shape index (κ2) is 6.75. The Balaban J connectivity index is 1.61. The van der Waals surface area contributed by atoms with Gasteiger partial charge in [-0.3, -0.25) is 9.78 Å². The van der Waals surface area contributed by atoms with Crippen LogP contribution in [0.4, 0.5) is 5.69 Å². The van der Waals surface area contributed by atoms with E-state index in [4.69, 9.17) is 4.74 Å². The van der Waals surface area contributed by atoms with E-state index in [0.29, 0.717) is 39.3 Å². The number of morpholine rings is 1.